The Balaban J connectivity index is 1.45. The maximum absolute atomic E-state index is 12.3. The number of aromatic nitrogens is 3. The summed E-state index contributed by atoms with van der Waals surface area (Å²) in [4.78, 5) is 27.8. The van der Waals surface area contributed by atoms with Gasteiger partial charge in [0.15, 0.2) is 10.8 Å². The molecule has 1 aliphatic rings. The fraction of sp³-hybridized carbons (Fsp3) is 0.333. The smallest absolute Gasteiger partial charge is 0.234 e. The van der Waals surface area contributed by atoms with Crippen LogP contribution in [0.5, 0.6) is 0 Å². The Morgan fingerprint density at radius 3 is 2.96 bits per heavy atom. The lowest BCUT2D eigenvalue weighted by Crippen LogP contribution is -2.16. The molecule has 1 aromatic carbocycles. The fourth-order valence-corrected chi connectivity index (χ4v) is 4.86. The lowest BCUT2D eigenvalue weighted by atomic mass is 10.2. The number of hydrogen-bond acceptors (Lipinski definition) is 7. The van der Waals surface area contributed by atoms with Gasteiger partial charge in [0, 0.05) is 18.8 Å². The van der Waals surface area contributed by atoms with E-state index in [1.54, 1.807) is 11.3 Å². The van der Waals surface area contributed by atoms with Crippen LogP contribution in [0.15, 0.2) is 35.6 Å². The van der Waals surface area contributed by atoms with E-state index in [0.29, 0.717) is 11.4 Å². The van der Waals surface area contributed by atoms with Gasteiger partial charge in [-0.25, -0.2) is 9.97 Å². The van der Waals surface area contributed by atoms with Gasteiger partial charge in [0.05, 0.1) is 5.75 Å². The zero-order valence-corrected chi connectivity index (χ0v) is 16.1. The van der Waals surface area contributed by atoms with Gasteiger partial charge in [-0.05, 0) is 37.5 Å². The zero-order valence-electron chi connectivity index (χ0n) is 14.4. The number of carbonyl (C=O) groups is 1. The number of thioether (sulfide) groups is 1. The van der Waals surface area contributed by atoms with Crippen LogP contribution in [0.3, 0.4) is 0 Å². The molecule has 3 heterocycles. The topological polar surface area (TPSA) is 71.0 Å². The molecule has 0 aliphatic carbocycles. The Kier molecular flexibility index (Phi) is 5.03. The largest absolute Gasteiger partial charge is 0.348 e. The van der Waals surface area contributed by atoms with Crippen LogP contribution in [-0.2, 0) is 4.79 Å². The Morgan fingerprint density at radius 1 is 1.31 bits per heavy atom. The van der Waals surface area contributed by atoms with Gasteiger partial charge in [-0.3, -0.25) is 4.79 Å². The lowest BCUT2D eigenvalue weighted by Gasteiger charge is -2.11. The number of nitrogens with one attached hydrogen (secondary N) is 1. The van der Waals surface area contributed by atoms with E-state index in [1.807, 2.05) is 31.2 Å². The molecule has 6 nitrogen and oxygen atoms in total. The van der Waals surface area contributed by atoms with E-state index in [9.17, 15) is 4.79 Å². The third kappa shape index (κ3) is 3.81. The fourth-order valence-electron chi connectivity index (χ4n) is 2.92. The molecular weight excluding hydrogens is 366 g/mol. The highest BCUT2D eigenvalue weighted by Gasteiger charge is 2.19. The Hall–Kier alpha value is -2.19. The number of hydrogen-bond donors (Lipinski definition) is 1. The van der Waals surface area contributed by atoms with E-state index in [2.05, 4.69) is 25.2 Å². The molecule has 0 unspecified atom stereocenters. The number of aryl methyl sites for hydroxylation is 1. The maximum Gasteiger partial charge on any atom is 0.234 e. The molecule has 2 aromatic heterocycles. The number of nitrogens with zero attached hydrogens (tertiary/aromatic N) is 4. The SMILES string of the molecule is Cc1cccc(NC(=O)CSc2ncnc3nc(N4CCCC4)sc23)c1. The first-order valence-corrected chi connectivity index (χ1v) is 10.3. The van der Waals surface area contributed by atoms with Crippen molar-refractivity contribution in [2.45, 2.75) is 24.8 Å². The molecule has 134 valence electrons. The minimum Gasteiger partial charge on any atom is -0.348 e. The summed E-state index contributed by atoms with van der Waals surface area (Å²) < 4.78 is 0.961. The quantitative estimate of drug-likeness (QED) is 0.533. The number of carbonyl (C=O) groups excluding carboxylic acids is 1. The molecule has 1 aliphatic heterocycles. The highest BCUT2D eigenvalue weighted by molar-refractivity contribution is 8.00. The van der Waals surface area contributed by atoms with Crippen molar-refractivity contribution in [3.8, 4) is 0 Å². The number of benzene rings is 1. The van der Waals surface area contributed by atoms with Crippen LogP contribution in [0.25, 0.3) is 10.3 Å². The van der Waals surface area contributed by atoms with Gasteiger partial charge in [-0.2, -0.15) is 4.98 Å². The van der Waals surface area contributed by atoms with E-state index >= 15 is 0 Å². The van der Waals surface area contributed by atoms with Crippen LogP contribution < -0.4 is 10.2 Å². The first kappa shape index (κ1) is 17.2. The third-order valence-electron chi connectivity index (χ3n) is 4.17. The number of thiazole rings is 1. The van der Waals surface area contributed by atoms with Gasteiger partial charge < -0.3 is 10.2 Å². The first-order valence-electron chi connectivity index (χ1n) is 8.55. The van der Waals surface area contributed by atoms with E-state index in [1.165, 1.54) is 30.9 Å². The second-order valence-corrected chi connectivity index (χ2v) is 8.17. The van der Waals surface area contributed by atoms with Crippen molar-refractivity contribution < 1.29 is 4.79 Å². The summed E-state index contributed by atoms with van der Waals surface area (Å²) in [6.45, 7) is 4.10. The van der Waals surface area contributed by atoms with E-state index < -0.39 is 0 Å². The number of fused-ring (bicyclic) bond motifs is 1. The zero-order chi connectivity index (χ0) is 17.9. The van der Waals surface area contributed by atoms with Crippen LogP contribution >= 0.6 is 23.1 Å². The van der Waals surface area contributed by atoms with Crippen molar-refractivity contribution in [2.75, 3.05) is 29.1 Å². The van der Waals surface area contributed by atoms with Crippen molar-refractivity contribution in [3.63, 3.8) is 0 Å². The predicted molar refractivity (Wildman–Crippen MR) is 107 cm³/mol. The van der Waals surface area contributed by atoms with Gasteiger partial charge in [0.2, 0.25) is 5.91 Å². The first-order chi connectivity index (χ1) is 12.7. The normalized spacial score (nSPS) is 14.1. The monoisotopic (exact) mass is 385 g/mol. The van der Waals surface area contributed by atoms with Gasteiger partial charge in [-0.15, -0.1) is 0 Å². The molecule has 0 atom stereocenters. The van der Waals surface area contributed by atoms with Gasteiger partial charge in [-0.1, -0.05) is 35.2 Å². The second-order valence-electron chi connectivity index (χ2n) is 6.23. The van der Waals surface area contributed by atoms with Crippen LogP contribution in [0.4, 0.5) is 10.8 Å². The molecule has 3 aromatic rings. The van der Waals surface area contributed by atoms with Crippen LogP contribution in [0, 0.1) is 6.92 Å². The summed E-state index contributed by atoms with van der Waals surface area (Å²) in [6.07, 6.45) is 3.95. The van der Waals surface area contributed by atoms with Crippen molar-refractivity contribution in [1.82, 2.24) is 15.0 Å². The van der Waals surface area contributed by atoms with Crippen LogP contribution in [-0.4, -0.2) is 39.7 Å². The summed E-state index contributed by atoms with van der Waals surface area (Å²) in [6, 6.07) is 7.79. The highest BCUT2D eigenvalue weighted by Crippen LogP contribution is 2.34. The molecule has 0 spiro atoms. The molecule has 1 N–H and O–H groups in total. The molecular formula is C18H19N5OS2. The van der Waals surface area contributed by atoms with Crippen LogP contribution in [0.1, 0.15) is 18.4 Å². The van der Waals surface area contributed by atoms with Crippen LogP contribution in [0.2, 0.25) is 0 Å². The molecule has 1 saturated heterocycles. The van der Waals surface area contributed by atoms with Crippen molar-refractivity contribution >= 4 is 50.2 Å². The lowest BCUT2D eigenvalue weighted by molar-refractivity contribution is -0.113. The summed E-state index contributed by atoms with van der Waals surface area (Å²) in [5.74, 6) is 0.258. The molecule has 0 bridgehead atoms. The van der Waals surface area contributed by atoms with Gasteiger partial charge in [0.25, 0.3) is 0 Å². The summed E-state index contributed by atoms with van der Waals surface area (Å²) in [5.41, 5.74) is 2.65. The average molecular weight is 386 g/mol. The summed E-state index contributed by atoms with van der Waals surface area (Å²) in [7, 11) is 0. The molecule has 1 amide bonds. The average Bonchev–Trinajstić information content (AvgIpc) is 3.29. The van der Waals surface area contributed by atoms with E-state index in [4.69, 9.17) is 0 Å². The maximum atomic E-state index is 12.3. The number of anilines is 2. The molecule has 8 heteroatoms. The summed E-state index contributed by atoms with van der Waals surface area (Å²) >= 11 is 3.04. The standard InChI is InChI=1S/C18H19N5OS2/c1-12-5-4-6-13(9-12)21-14(24)10-25-17-15-16(19-11-20-17)22-18(26-15)23-7-2-3-8-23/h4-6,9,11H,2-3,7-8,10H2,1H3,(H,21,24). The minimum atomic E-state index is -0.0448. The molecule has 0 saturated carbocycles. The molecule has 4 rings (SSSR count). The Morgan fingerprint density at radius 2 is 2.15 bits per heavy atom. The van der Waals surface area contributed by atoms with E-state index in [0.717, 1.165) is 39.2 Å². The van der Waals surface area contributed by atoms with Crippen molar-refractivity contribution in [3.05, 3.63) is 36.2 Å². The minimum absolute atomic E-state index is 0.0448. The van der Waals surface area contributed by atoms with Gasteiger partial charge in [0.1, 0.15) is 16.1 Å². The second kappa shape index (κ2) is 7.59. The summed E-state index contributed by atoms with van der Waals surface area (Å²) in [5, 5.41) is 4.75. The molecule has 0 radical (unpaired) electrons. The molecule has 1 fully saturated rings. The third-order valence-corrected chi connectivity index (χ3v) is 6.40. The highest BCUT2D eigenvalue weighted by atomic mass is 32.2. The Labute approximate surface area is 160 Å². The number of rotatable bonds is 5. The number of amides is 1. The molecule has 26 heavy (non-hydrogen) atoms. The Bertz CT molecular complexity index is 936. The van der Waals surface area contributed by atoms with Crippen molar-refractivity contribution in [2.24, 2.45) is 0 Å². The van der Waals surface area contributed by atoms with Crippen molar-refractivity contribution in [1.29, 1.82) is 0 Å². The van der Waals surface area contributed by atoms with E-state index in [-0.39, 0.29) is 5.91 Å². The predicted octanol–water partition coefficient (Wildman–Crippen LogP) is 3.73. The van der Waals surface area contributed by atoms with Gasteiger partial charge >= 0.3 is 0 Å².